The van der Waals surface area contributed by atoms with Crippen LogP contribution < -0.4 is 0 Å². The van der Waals surface area contributed by atoms with Crippen LogP contribution in [0.15, 0.2) is 17.8 Å². The molecule has 0 aromatic heterocycles. The number of likely N-dealkylation sites (tertiary alicyclic amines) is 1. The Labute approximate surface area is 86.3 Å². The minimum absolute atomic E-state index is 0.376. The second-order valence-electron chi connectivity index (χ2n) is 4.68. The Hall–Kier alpha value is -0.830. The van der Waals surface area contributed by atoms with Crippen molar-refractivity contribution < 1.29 is 9.69 Å². The minimum atomic E-state index is 0.376. The standard InChI is InChI=1S/C11H20N2O/c1-5-6-13(4)8-9(2)11(12-14)7-10(13)3/h5,9-10H,1,6-8H2,2-4H3/p+1/b12-11+/t9-,10+,13-/m1/s1. The summed E-state index contributed by atoms with van der Waals surface area (Å²) in [6, 6.07) is 0.509. The van der Waals surface area contributed by atoms with E-state index in [1.165, 1.54) is 0 Å². The molecule has 3 atom stereocenters. The second-order valence-corrected chi connectivity index (χ2v) is 4.68. The van der Waals surface area contributed by atoms with Gasteiger partial charge in [0, 0.05) is 12.3 Å². The number of likely N-dealkylation sites (N-methyl/N-ethyl adjacent to an activating group) is 1. The largest absolute Gasteiger partial charge is 0.411 e. The predicted molar refractivity (Wildman–Crippen MR) is 58.6 cm³/mol. The maximum atomic E-state index is 8.84. The van der Waals surface area contributed by atoms with Gasteiger partial charge in [0.2, 0.25) is 0 Å². The van der Waals surface area contributed by atoms with Gasteiger partial charge in [0.1, 0.15) is 0 Å². The van der Waals surface area contributed by atoms with Crippen molar-refractivity contribution in [2.24, 2.45) is 11.1 Å². The number of piperidine rings is 1. The Morgan fingerprint density at radius 3 is 2.79 bits per heavy atom. The van der Waals surface area contributed by atoms with Crippen LogP contribution >= 0.6 is 0 Å². The van der Waals surface area contributed by atoms with Gasteiger partial charge in [-0.25, -0.2) is 0 Å². The molecule has 1 heterocycles. The van der Waals surface area contributed by atoms with Crippen molar-refractivity contribution in [1.29, 1.82) is 0 Å². The highest BCUT2D eigenvalue weighted by molar-refractivity contribution is 5.86. The third-order valence-corrected chi connectivity index (χ3v) is 3.50. The summed E-state index contributed by atoms with van der Waals surface area (Å²) in [5.41, 5.74) is 0.942. The monoisotopic (exact) mass is 197 g/mol. The van der Waals surface area contributed by atoms with Gasteiger partial charge in [-0.1, -0.05) is 18.7 Å². The number of quaternary nitrogens is 1. The fourth-order valence-electron chi connectivity index (χ4n) is 2.32. The van der Waals surface area contributed by atoms with Crippen molar-refractivity contribution >= 4 is 5.71 Å². The first-order valence-electron chi connectivity index (χ1n) is 5.19. The zero-order valence-electron chi connectivity index (χ0n) is 9.40. The van der Waals surface area contributed by atoms with E-state index in [0.29, 0.717) is 12.0 Å². The van der Waals surface area contributed by atoms with Crippen LogP contribution in [0.4, 0.5) is 0 Å². The Morgan fingerprint density at radius 2 is 2.29 bits per heavy atom. The highest BCUT2D eigenvalue weighted by atomic mass is 16.4. The fraction of sp³-hybridized carbons (Fsp3) is 0.727. The summed E-state index contributed by atoms with van der Waals surface area (Å²) in [4.78, 5) is 0. The smallest absolute Gasteiger partial charge is 0.0971 e. The van der Waals surface area contributed by atoms with Crippen LogP contribution in [-0.2, 0) is 0 Å². The van der Waals surface area contributed by atoms with Crippen molar-refractivity contribution in [2.45, 2.75) is 26.3 Å². The van der Waals surface area contributed by atoms with Crippen LogP contribution in [0.5, 0.6) is 0 Å². The van der Waals surface area contributed by atoms with Crippen molar-refractivity contribution in [3.63, 3.8) is 0 Å². The zero-order valence-corrected chi connectivity index (χ0v) is 9.40. The molecule has 0 aliphatic carbocycles. The molecular weight excluding hydrogens is 176 g/mol. The summed E-state index contributed by atoms with van der Waals surface area (Å²) >= 11 is 0. The molecule has 14 heavy (non-hydrogen) atoms. The summed E-state index contributed by atoms with van der Waals surface area (Å²) in [7, 11) is 2.25. The van der Waals surface area contributed by atoms with E-state index in [2.05, 4.69) is 32.6 Å². The summed E-state index contributed by atoms with van der Waals surface area (Å²) in [6.45, 7) is 10.2. The molecule has 3 nitrogen and oxygen atoms in total. The van der Waals surface area contributed by atoms with Gasteiger partial charge in [0.05, 0.1) is 31.9 Å². The van der Waals surface area contributed by atoms with E-state index in [9.17, 15) is 0 Å². The first-order chi connectivity index (χ1) is 6.53. The van der Waals surface area contributed by atoms with E-state index < -0.39 is 0 Å². The molecule has 1 N–H and O–H groups in total. The number of hydrogen-bond donors (Lipinski definition) is 1. The normalized spacial score (nSPS) is 41.2. The molecule has 0 amide bonds. The van der Waals surface area contributed by atoms with E-state index in [1.54, 1.807) is 0 Å². The van der Waals surface area contributed by atoms with Gasteiger partial charge in [0.25, 0.3) is 0 Å². The van der Waals surface area contributed by atoms with Crippen molar-refractivity contribution in [1.82, 2.24) is 0 Å². The maximum Gasteiger partial charge on any atom is 0.0971 e. The predicted octanol–water partition coefficient (Wildman–Crippen LogP) is 1.88. The lowest BCUT2D eigenvalue weighted by atomic mass is 9.90. The van der Waals surface area contributed by atoms with Crippen LogP contribution in [0, 0.1) is 5.92 Å². The Morgan fingerprint density at radius 1 is 1.64 bits per heavy atom. The van der Waals surface area contributed by atoms with Crippen LogP contribution in [0.25, 0.3) is 0 Å². The van der Waals surface area contributed by atoms with Gasteiger partial charge in [-0.05, 0) is 13.0 Å². The molecule has 1 rings (SSSR count). The third kappa shape index (κ3) is 1.98. The maximum absolute atomic E-state index is 8.84. The molecule has 1 fully saturated rings. The van der Waals surface area contributed by atoms with E-state index in [4.69, 9.17) is 5.21 Å². The number of nitrogens with zero attached hydrogens (tertiary/aromatic N) is 2. The molecule has 0 unspecified atom stereocenters. The molecule has 1 aliphatic heterocycles. The van der Waals surface area contributed by atoms with Crippen molar-refractivity contribution in [2.75, 3.05) is 20.1 Å². The summed E-state index contributed by atoms with van der Waals surface area (Å²) in [6.07, 6.45) is 2.87. The van der Waals surface area contributed by atoms with Gasteiger partial charge < -0.3 is 9.69 Å². The molecular formula is C11H21N2O+. The van der Waals surface area contributed by atoms with Crippen molar-refractivity contribution in [3.8, 4) is 0 Å². The lowest BCUT2D eigenvalue weighted by Gasteiger charge is -2.45. The highest BCUT2D eigenvalue weighted by Crippen LogP contribution is 2.25. The Kier molecular flexibility index (Phi) is 3.32. The molecule has 1 saturated heterocycles. The second kappa shape index (κ2) is 4.13. The third-order valence-electron chi connectivity index (χ3n) is 3.50. The Balaban J connectivity index is 2.80. The van der Waals surface area contributed by atoms with E-state index >= 15 is 0 Å². The van der Waals surface area contributed by atoms with Crippen LogP contribution in [-0.4, -0.2) is 41.6 Å². The quantitative estimate of drug-likeness (QED) is 0.312. The first kappa shape index (κ1) is 11.2. The molecule has 0 spiro atoms. The number of rotatable bonds is 2. The van der Waals surface area contributed by atoms with Crippen molar-refractivity contribution in [3.05, 3.63) is 12.7 Å². The minimum Gasteiger partial charge on any atom is -0.411 e. The average molecular weight is 197 g/mol. The van der Waals surface area contributed by atoms with Crippen LogP contribution in [0.3, 0.4) is 0 Å². The lowest BCUT2D eigenvalue weighted by Crippen LogP contribution is -2.58. The van der Waals surface area contributed by atoms with Gasteiger partial charge in [-0.15, -0.1) is 0 Å². The number of oxime groups is 1. The molecule has 0 aromatic carbocycles. The van der Waals surface area contributed by atoms with Gasteiger partial charge >= 0.3 is 0 Å². The molecule has 0 saturated carbocycles. The van der Waals surface area contributed by atoms with Gasteiger partial charge in [0.15, 0.2) is 0 Å². The van der Waals surface area contributed by atoms with Gasteiger partial charge in [-0.3, -0.25) is 0 Å². The average Bonchev–Trinajstić information content (AvgIpc) is 2.11. The van der Waals surface area contributed by atoms with Gasteiger partial charge in [-0.2, -0.15) is 0 Å². The summed E-state index contributed by atoms with van der Waals surface area (Å²) in [5.74, 6) is 0.376. The topological polar surface area (TPSA) is 32.6 Å². The molecule has 1 aliphatic rings. The fourth-order valence-corrected chi connectivity index (χ4v) is 2.32. The first-order valence-corrected chi connectivity index (χ1v) is 5.19. The lowest BCUT2D eigenvalue weighted by molar-refractivity contribution is -0.930. The number of hydrogen-bond acceptors (Lipinski definition) is 2. The molecule has 0 bridgehead atoms. The summed E-state index contributed by atoms with van der Waals surface area (Å²) in [5, 5.41) is 12.2. The molecule has 3 heteroatoms. The highest BCUT2D eigenvalue weighted by Gasteiger charge is 2.38. The summed E-state index contributed by atoms with van der Waals surface area (Å²) < 4.78 is 1.00. The zero-order chi connectivity index (χ0) is 10.8. The van der Waals surface area contributed by atoms with Crippen LogP contribution in [0.1, 0.15) is 20.3 Å². The molecule has 0 radical (unpaired) electrons. The van der Waals surface area contributed by atoms with Crippen LogP contribution in [0.2, 0.25) is 0 Å². The SMILES string of the molecule is C=CC[N@+]1(C)C[C@@H](C)/C(=N/O)C[C@@H]1C. The van der Waals surface area contributed by atoms with E-state index in [1.807, 2.05) is 6.08 Å². The van der Waals surface area contributed by atoms with E-state index in [-0.39, 0.29) is 0 Å². The molecule has 80 valence electrons. The van der Waals surface area contributed by atoms with E-state index in [0.717, 1.165) is 29.7 Å². The molecule has 0 aromatic rings. The Bertz CT molecular complexity index is 250.